The van der Waals surface area contributed by atoms with Crippen LogP contribution in [0.4, 0.5) is 10.1 Å². The van der Waals surface area contributed by atoms with Crippen molar-refractivity contribution >= 4 is 31.6 Å². The van der Waals surface area contributed by atoms with Crippen molar-refractivity contribution in [3.63, 3.8) is 0 Å². The van der Waals surface area contributed by atoms with Crippen LogP contribution in [0.25, 0.3) is 0 Å². The Bertz CT molecular complexity index is 621. The SMILES string of the molecule is CC1CCN(S(=O)(=O)c2cc(Br)c(F)cc2N)C(C)C1. The summed E-state index contributed by atoms with van der Waals surface area (Å²) in [4.78, 5) is -0.0350. The fraction of sp³-hybridized carbons (Fsp3) is 0.538. The quantitative estimate of drug-likeness (QED) is 0.820. The van der Waals surface area contributed by atoms with Gasteiger partial charge >= 0.3 is 0 Å². The van der Waals surface area contributed by atoms with E-state index in [-0.39, 0.29) is 21.1 Å². The third-order valence-corrected chi connectivity index (χ3v) is 6.39. The summed E-state index contributed by atoms with van der Waals surface area (Å²) < 4.78 is 40.3. The molecule has 7 heteroatoms. The zero-order valence-corrected chi connectivity index (χ0v) is 13.8. The van der Waals surface area contributed by atoms with Gasteiger partial charge in [-0.15, -0.1) is 0 Å². The van der Waals surface area contributed by atoms with Gasteiger partial charge in [0.1, 0.15) is 10.7 Å². The Morgan fingerprint density at radius 3 is 2.65 bits per heavy atom. The number of nitrogen functional groups attached to an aromatic ring is 1. The number of sulfonamides is 1. The van der Waals surface area contributed by atoms with E-state index in [1.165, 1.54) is 10.4 Å². The van der Waals surface area contributed by atoms with Crippen molar-refractivity contribution in [1.29, 1.82) is 0 Å². The summed E-state index contributed by atoms with van der Waals surface area (Å²) >= 11 is 3.01. The van der Waals surface area contributed by atoms with Crippen molar-refractivity contribution in [3.05, 3.63) is 22.4 Å². The molecule has 0 aliphatic carbocycles. The molecule has 2 rings (SSSR count). The molecule has 1 saturated heterocycles. The third kappa shape index (κ3) is 2.84. The second-order valence-electron chi connectivity index (χ2n) is 5.40. The molecular weight excluding hydrogens is 347 g/mol. The van der Waals surface area contributed by atoms with Crippen LogP contribution in [-0.2, 0) is 10.0 Å². The highest BCUT2D eigenvalue weighted by Gasteiger charge is 2.34. The molecule has 1 aromatic rings. The highest BCUT2D eigenvalue weighted by atomic mass is 79.9. The van der Waals surface area contributed by atoms with Gasteiger partial charge in [0.15, 0.2) is 0 Å². The van der Waals surface area contributed by atoms with E-state index in [1.54, 1.807) is 0 Å². The molecule has 0 aromatic heterocycles. The highest BCUT2D eigenvalue weighted by Crippen LogP contribution is 2.32. The molecule has 0 bridgehead atoms. The second-order valence-corrected chi connectivity index (χ2v) is 8.11. The van der Waals surface area contributed by atoms with E-state index in [4.69, 9.17) is 5.73 Å². The lowest BCUT2D eigenvalue weighted by molar-refractivity contribution is 0.220. The average Bonchev–Trinajstić information content (AvgIpc) is 2.33. The summed E-state index contributed by atoms with van der Waals surface area (Å²) in [6.07, 6.45) is 1.65. The largest absolute Gasteiger partial charge is 0.398 e. The monoisotopic (exact) mass is 364 g/mol. The van der Waals surface area contributed by atoms with E-state index in [9.17, 15) is 12.8 Å². The van der Waals surface area contributed by atoms with Crippen LogP contribution in [-0.4, -0.2) is 25.3 Å². The maximum atomic E-state index is 13.4. The van der Waals surface area contributed by atoms with Gasteiger partial charge in [0.25, 0.3) is 0 Å². The number of hydrogen-bond donors (Lipinski definition) is 1. The molecule has 2 unspecified atom stereocenters. The van der Waals surface area contributed by atoms with E-state index in [0.717, 1.165) is 18.9 Å². The van der Waals surface area contributed by atoms with Crippen LogP contribution in [0.2, 0.25) is 0 Å². The summed E-state index contributed by atoms with van der Waals surface area (Å²) in [5, 5.41) is 0. The number of anilines is 1. The number of rotatable bonds is 2. The van der Waals surface area contributed by atoms with Crippen molar-refractivity contribution in [2.45, 2.75) is 37.6 Å². The smallest absolute Gasteiger partial charge is 0.245 e. The Kier molecular flexibility index (Phi) is 4.41. The maximum Gasteiger partial charge on any atom is 0.245 e. The molecule has 1 aliphatic heterocycles. The van der Waals surface area contributed by atoms with E-state index in [0.29, 0.717) is 12.5 Å². The van der Waals surface area contributed by atoms with Gasteiger partial charge < -0.3 is 5.73 Å². The van der Waals surface area contributed by atoms with Gasteiger partial charge in [0.2, 0.25) is 10.0 Å². The fourth-order valence-corrected chi connectivity index (χ4v) is 4.91. The molecule has 0 saturated carbocycles. The normalized spacial score (nSPS) is 24.8. The van der Waals surface area contributed by atoms with E-state index < -0.39 is 15.8 Å². The second kappa shape index (κ2) is 5.61. The van der Waals surface area contributed by atoms with Crippen LogP contribution in [0.5, 0.6) is 0 Å². The summed E-state index contributed by atoms with van der Waals surface area (Å²) in [5.74, 6) is -0.0597. The zero-order chi connectivity index (χ0) is 15.1. The van der Waals surface area contributed by atoms with E-state index in [2.05, 4.69) is 22.9 Å². The van der Waals surface area contributed by atoms with E-state index in [1.807, 2.05) is 6.92 Å². The zero-order valence-electron chi connectivity index (χ0n) is 11.4. The molecular formula is C13H18BrFN2O2S. The lowest BCUT2D eigenvalue weighted by Crippen LogP contribution is -2.44. The van der Waals surface area contributed by atoms with Gasteiger partial charge in [-0.2, -0.15) is 4.31 Å². The first-order valence-electron chi connectivity index (χ1n) is 6.50. The van der Waals surface area contributed by atoms with Gasteiger partial charge in [0, 0.05) is 12.6 Å². The number of nitrogens with zero attached hydrogens (tertiary/aromatic N) is 1. The van der Waals surface area contributed by atoms with Gasteiger partial charge in [-0.05, 0) is 53.7 Å². The number of hydrogen-bond acceptors (Lipinski definition) is 3. The van der Waals surface area contributed by atoms with Gasteiger partial charge in [-0.25, -0.2) is 12.8 Å². The molecule has 112 valence electrons. The molecule has 2 N–H and O–H groups in total. The molecule has 0 amide bonds. The minimum Gasteiger partial charge on any atom is -0.398 e. The van der Waals surface area contributed by atoms with Crippen molar-refractivity contribution in [3.8, 4) is 0 Å². The van der Waals surface area contributed by atoms with Gasteiger partial charge in [-0.1, -0.05) is 6.92 Å². The van der Waals surface area contributed by atoms with Crippen molar-refractivity contribution in [1.82, 2.24) is 4.31 Å². The van der Waals surface area contributed by atoms with Crippen LogP contribution in [0.3, 0.4) is 0 Å². The Balaban J connectivity index is 2.43. The van der Waals surface area contributed by atoms with Crippen molar-refractivity contribution < 1.29 is 12.8 Å². The Labute approximate surface area is 127 Å². The standard InChI is InChI=1S/C13H18BrFN2O2S/c1-8-3-4-17(9(2)5-8)20(18,19)13-6-10(14)11(15)7-12(13)16/h6-9H,3-5,16H2,1-2H3. The molecule has 0 spiro atoms. The topological polar surface area (TPSA) is 63.4 Å². The number of halogens is 2. The lowest BCUT2D eigenvalue weighted by atomic mass is 9.95. The number of nitrogens with two attached hydrogens (primary N) is 1. The molecule has 1 aromatic carbocycles. The molecule has 4 nitrogen and oxygen atoms in total. The van der Waals surface area contributed by atoms with Crippen LogP contribution < -0.4 is 5.73 Å². The molecule has 1 heterocycles. The van der Waals surface area contributed by atoms with Crippen LogP contribution in [0.15, 0.2) is 21.5 Å². The third-order valence-electron chi connectivity index (χ3n) is 3.72. The predicted octanol–water partition coefficient (Wildman–Crippen LogP) is 2.98. The Morgan fingerprint density at radius 2 is 2.05 bits per heavy atom. The number of piperidine rings is 1. The average molecular weight is 365 g/mol. The molecule has 0 radical (unpaired) electrons. The minimum atomic E-state index is -3.69. The summed E-state index contributed by atoms with van der Waals surface area (Å²) in [5.41, 5.74) is 5.63. The van der Waals surface area contributed by atoms with E-state index >= 15 is 0 Å². The van der Waals surface area contributed by atoms with Gasteiger partial charge in [0.05, 0.1) is 10.2 Å². The lowest BCUT2D eigenvalue weighted by Gasteiger charge is -2.35. The first-order valence-corrected chi connectivity index (χ1v) is 8.73. The molecule has 1 fully saturated rings. The molecule has 2 atom stereocenters. The van der Waals surface area contributed by atoms with Crippen LogP contribution >= 0.6 is 15.9 Å². The number of benzene rings is 1. The van der Waals surface area contributed by atoms with Crippen molar-refractivity contribution in [2.24, 2.45) is 5.92 Å². The highest BCUT2D eigenvalue weighted by molar-refractivity contribution is 9.10. The molecule has 20 heavy (non-hydrogen) atoms. The summed E-state index contributed by atoms with van der Waals surface area (Å²) in [7, 11) is -3.69. The van der Waals surface area contributed by atoms with Gasteiger partial charge in [-0.3, -0.25) is 0 Å². The predicted molar refractivity (Wildman–Crippen MR) is 80.3 cm³/mol. The first-order chi connectivity index (χ1) is 9.23. The van der Waals surface area contributed by atoms with Crippen molar-refractivity contribution in [2.75, 3.05) is 12.3 Å². The van der Waals surface area contributed by atoms with Crippen LogP contribution in [0.1, 0.15) is 26.7 Å². The minimum absolute atomic E-state index is 0.0350. The summed E-state index contributed by atoms with van der Waals surface area (Å²) in [6.45, 7) is 4.48. The fourth-order valence-electron chi connectivity index (χ4n) is 2.64. The Morgan fingerprint density at radius 1 is 1.40 bits per heavy atom. The summed E-state index contributed by atoms with van der Waals surface area (Å²) in [6, 6.07) is 2.20. The molecule has 1 aliphatic rings. The Hall–Kier alpha value is -0.660. The first kappa shape index (κ1) is 15.7. The van der Waals surface area contributed by atoms with Crippen LogP contribution in [0, 0.1) is 11.7 Å². The maximum absolute atomic E-state index is 13.4.